The van der Waals surface area contributed by atoms with Crippen molar-refractivity contribution in [1.82, 2.24) is 5.32 Å². The van der Waals surface area contributed by atoms with Crippen LogP contribution in [0, 0.1) is 0 Å². The van der Waals surface area contributed by atoms with E-state index in [1.165, 1.54) is 37.4 Å². The molecule has 0 atom stereocenters. The molecule has 0 aliphatic carbocycles. The van der Waals surface area contributed by atoms with Crippen molar-refractivity contribution < 1.29 is 22.7 Å². The summed E-state index contributed by atoms with van der Waals surface area (Å²) in [5.74, 6) is 0.410. The van der Waals surface area contributed by atoms with Crippen LogP contribution in [-0.2, 0) is 14.8 Å². The Morgan fingerprint density at radius 1 is 0.971 bits per heavy atom. The number of anilines is 2. The highest BCUT2D eigenvalue weighted by Gasteiger charge is 2.15. The topological polar surface area (TPSA) is 106 Å². The third kappa shape index (κ3) is 7.22. The maximum atomic E-state index is 12.6. The number of ether oxygens (including phenoxy) is 2. The number of thiocarbonyl (C=S) groups is 1. The number of hydrogen-bond donors (Lipinski definition) is 3. The normalized spacial score (nSPS) is 10.8. The summed E-state index contributed by atoms with van der Waals surface area (Å²) in [6.07, 6.45) is 0. The van der Waals surface area contributed by atoms with Crippen molar-refractivity contribution in [2.75, 3.05) is 23.8 Å². The molecule has 3 N–H and O–H groups in total. The van der Waals surface area contributed by atoms with Gasteiger partial charge in [-0.15, -0.1) is 0 Å². The molecule has 3 aromatic rings. The standard InChI is InChI=1S/C22H19Cl2N3O5S2/c1-31-17-7-3-16(4-8-17)27-34(29,30)18-9-5-15(6-10-18)25-22(33)26-21(28)13-32-20-11-2-14(23)12-19(20)24/h2-12,27H,13H2,1H3,(H2,25,26,28,33). The molecule has 0 aromatic heterocycles. The van der Waals surface area contributed by atoms with Crippen LogP contribution >= 0.6 is 35.4 Å². The highest BCUT2D eigenvalue weighted by Crippen LogP contribution is 2.27. The highest BCUT2D eigenvalue weighted by molar-refractivity contribution is 7.92. The lowest BCUT2D eigenvalue weighted by atomic mass is 10.3. The molecule has 0 radical (unpaired) electrons. The van der Waals surface area contributed by atoms with Crippen molar-refractivity contribution in [2.45, 2.75) is 4.90 Å². The lowest BCUT2D eigenvalue weighted by molar-refractivity contribution is -0.121. The van der Waals surface area contributed by atoms with Gasteiger partial charge in [0.05, 0.1) is 17.0 Å². The molecular formula is C22H19Cl2N3O5S2. The minimum Gasteiger partial charge on any atom is -0.497 e. The van der Waals surface area contributed by atoms with Crippen LogP contribution in [-0.4, -0.2) is 33.2 Å². The van der Waals surface area contributed by atoms with Gasteiger partial charge in [-0.2, -0.15) is 0 Å². The summed E-state index contributed by atoms with van der Waals surface area (Å²) in [5, 5.41) is 6.00. The Kier molecular flexibility index (Phi) is 8.56. The SMILES string of the molecule is COc1ccc(NS(=O)(=O)c2ccc(NC(=S)NC(=O)COc3ccc(Cl)cc3Cl)cc2)cc1. The van der Waals surface area contributed by atoms with Crippen molar-refractivity contribution in [3.05, 3.63) is 76.8 Å². The van der Waals surface area contributed by atoms with E-state index in [1.54, 1.807) is 36.4 Å². The van der Waals surface area contributed by atoms with Gasteiger partial charge in [0.15, 0.2) is 11.7 Å². The van der Waals surface area contributed by atoms with Gasteiger partial charge < -0.3 is 14.8 Å². The van der Waals surface area contributed by atoms with E-state index in [9.17, 15) is 13.2 Å². The third-order valence-electron chi connectivity index (χ3n) is 4.27. The minimum atomic E-state index is -3.79. The lowest BCUT2D eigenvalue weighted by Gasteiger charge is -2.12. The molecule has 0 fully saturated rings. The number of amides is 1. The quantitative estimate of drug-likeness (QED) is 0.356. The van der Waals surface area contributed by atoms with Gasteiger partial charge in [0.1, 0.15) is 11.5 Å². The third-order valence-corrected chi connectivity index (χ3v) is 6.40. The first-order valence-corrected chi connectivity index (χ1v) is 12.3. The number of nitrogens with one attached hydrogen (secondary N) is 3. The van der Waals surface area contributed by atoms with Crippen molar-refractivity contribution in [2.24, 2.45) is 0 Å². The molecule has 0 spiro atoms. The second kappa shape index (κ2) is 11.4. The molecule has 3 rings (SSSR count). The number of halogens is 2. The summed E-state index contributed by atoms with van der Waals surface area (Å²) in [4.78, 5) is 12.1. The molecule has 8 nitrogen and oxygen atoms in total. The van der Waals surface area contributed by atoms with E-state index in [4.69, 9.17) is 44.9 Å². The average molecular weight is 540 g/mol. The second-order valence-electron chi connectivity index (χ2n) is 6.72. The first-order chi connectivity index (χ1) is 16.2. The van der Waals surface area contributed by atoms with Crippen LogP contribution in [0.3, 0.4) is 0 Å². The van der Waals surface area contributed by atoms with E-state index in [0.717, 1.165) is 0 Å². The van der Waals surface area contributed by atoms with Crippen LogP contribution in [0.15, 0.2) is 71.6 Å². The zero-order valence-electron chi connectivity index (χ0n) is 17.7. The van der Waals surface area contributed by atoms with Crippen LogP contribution in [0.4, 0.5) is 11.4 Å². The van der Waals surface area contributed by atoms with Gasteiger partial charge in [-0.3, -0.25) is 14.8 Å². The van der Waals surface area contributed by atoms with Gasteiger partial charge in [-0.05, 0) is 78.9 Å². The summed E-state index contributed by atoms with van der Waals surface area (Å²) >= 11 is 16.9. The fraction of sp³-hybridized carbons (Fsp3) is 0.0909. The second-order valence-corrected chi connectivity index (χ2v) is 9.66. The van der Waals surface area contributed by atoms with E-state index >= 15 is 0 Å². The lowest BCUT2D eigenvalue weighted by Crippen LogP contribution is -2.37. The number of carbonyl (C=O) groups excluding carboxylic acids is 1. The number of rotatable bonds is 8. The van der Waals surface area contributed by atoms with Crippen LogP contribution in [0.5, 0.6) is 11.5 Å². The number of sulfonamides is 1. The zero-order valence-corrected chi connectivity index (χ0v) is 20.8. The van der Waals surface area contributed by atoms with E-state index in [0.29, 0.717) is 27.9 Å². The van der Waals surface area contributed by atoms with Crippen molar-refractivity contribution in [3.63, 3.8) is 0 Å². The molecule has 0 unspecified atom stereocenters. The Morgan fingerprint density at radius 3 is 2.24 bits per heavy atom. The molecule has 3 aromatic carbocycles. The van der Waals surface area contributed by atoms with Gasteiger partial charge >= 0.3 is 0 Å². The van der Waals surface area contributed by atoms with E-state index < -0.39 is 15.9 Å². The average Bonchev–Trinajstić information content (AvgIpc) is 2.79. The molecule has 34 heavy (non-hydrogen) atoms. The van der Waals surface area contributed by atoms with Crippen molar-refractivity contribution in [1.29, 1.82) is 0 Å². The first-order valence-electron chi connectivity index (χ1n) is 9.62. The number of benzene rings is 3. The Labute approximate surface area is 212 Å². The molecule has 1 amide bonds. The van der Waals surface area contributed by atoms with E-state index in [1.807, 2.05) is 0 Å². The predicted octanol–water partition coefficient (Wildman–Crippen LogP) is 4.69. The number of methoxy groups -OCH3 is 1. The summed E-state index contributed by atoms with van der Waals surface area (Å²) in [7, 11) is -2.27. The van der Waals surface area contributed by atoms with Crippen LogP contribution < -0.4 is 24.8 Å². The maximum absolute atomic E-state index is 12.6. The summed E-state index contributed by atoms with van der Waals surface area (Å²) in [6.45, 7) is -0.322. The first kappa shape index (κ1) is 25.6. The summed E-state index contributed by atoms with van der Waals surface area (Å²) < 4.78 is 38.1. The molecule has 178 valence electrons. The van der Waals surface area contributed by atoms with E-state index in [-0.39, 0.29) is 21.6 Å². The van der Waals surface area contributed by atoms with Gasteiger partial charge in [0, 0.05) is 16.4 Å². The molecule has 12 heteroatoms. The number of hydrogen-bond acceptors (Lipinski definition) is 6. The van der Waals surface area contributed by atoms with Crippen molar-refractivity contribution in [3.8, 4) is 11.5 Å². The largest absolute Gasteiger partial charge is 0.497 e. The summed E-state index contributed by atoms with van der Waals surface area (Å²) in [6, 6.07) is 17.0. The smallest absolute Gasteiger partial charge is 0.264 e. The molecule has 0 bridgehead atoms. The molecule has 0 heterocycles. The molecular weight excluding hydrogens is 521 g/mol. The monoisotopic (exact) mass is 539 g/mol. The van der Waals surface area contributed by atoms with Gasteiger partial charge in [-0.1, -0.05) is 23.2 Å². The maximum Gasteiger partial charge on any atom is 0.264 e. The summed E-state index contributed by atoms with van der Waals surface area (Å²) in [5.41, 5.74) is 0.879. The van der Waals surface area contributed by atoms with Crippen LogP contribution in [0.2, 0.25) is 10.0 Å². The Hall–Kier alpha value is -3.05. The molecule has 0 saturated heterocycles. The minimum absolute atomic E-state index is 0.0165. The molecule has 0 aliphatic rings. The Morgan fingerprint density at radius 2 is 1.62 bits per heavy atom. The van der Waals surface area contributed by atoms with E-state index in [2.05, 4.69) is 15.4 Å². The Balaban J connectivity index is 1.52. The van der Waals surface area contributed by atoms with Gasteiger partial charge in [0.2, 0.25) is 0 Å². The fourth-order valence-electron chi connectivity index (χ4n) is 2.65. The fourth-order valence-corrected chi connectivity index (χ4v) is 4.40. The number of carbonyl (C=O) groups is 1. The Bertz CT molecular complexity index is 1280. The predicted molar refractivity (Wildman–Crippen MR) is 137 cm³/mol. The van der Waals surface area contributed by atoms with Crippen LogP contribution in [0.1, 0.15) is 0 Å². The zero-order chi connectivity index (χ0) is 24.7. The molecule has 0 aliphatic heterocycles. The molecule has 0 saturated carbocycles. The van der Waals surface area contributed by atoms with Crippen LogP contribution in [0.25, 0.3) is 0 Å². The van der Waals surface area contributed by atoms with Gasteiger partial charge in [-0.25, -0.2) is 8.42 Å². The highest BCUT2D eigenvalue weighted by atomic mass is 35.5. The van der Waals surface area contributed by atoms with Crippen molar-refractivity contribution >= 4 is 67.8 Å². The van der Waals surface area contributed by atoms with Gasteiger partial charge in [0.25, 0.3) is 15.9 Å².